The van der Waals surface area contributed by atoms with Crippen molar-refractivity contribution in [1.29, 1.82) is 0 Å². The van der Waals surface area contributed by atoms with Gasteiger partial charge in [0.25, 0.3) is 0 Å². The Hall–Kier alpha value is -1.45. The van der Waals surface area contributed by atoms with Crippen LogP contribution in [-0.2, 0) is 4.79 Å². The van der Waals surface area contributed by atoms with Gasteiger partial charge in [-0.25, -0.2) is 9.97 Å². The highest BCUT2D eigenvalue weighted by molar-refractivity contribution is 5.92. The Kier molecular flexibility index (Phi) is 2.21. The van der Waals surface area contributed by atoms with Crippen LogP contribution in [0.25, 0.3) is 0 Å². The van der Waals surface area contributed by atoms with Crippen LogP contribution in [0.5, 0.6) is 0 Å². The Bertz CT molecular complexity index is 299. The molecule has 4 nitrogen and oxygen atoms in total. The van der Waals surface area contributed by atoms with E-state index in [-0.39, 0.29) is 5.91 Å². The molecule has 0 aromatic carbocycles. The van der Waals surface area contributed by atoms with Crippen LogP contribution in [0.15, 0.2) is 18.5 Å². The number of carbonyl (C=O) groups excluding carboxylic acids is 1. The fourth-order valence-electron chi connectivity index (χ4n) is 1.45. The average molecular weight is 177 g/mol. The monoisotopic (exact) mass is 177 g/mol. The number of carbonyl (C=O) groups is 1. The van der Waals surface area contributed by atoms with E-state index in [4.69, 9.17) is 0 Å². The second-order valence-corrected chi connectivity index (χ2v) is 3.05. The van der Waals surface area contributed by atoms with Crippen molar-refractivity contribution >= 4 is 11.9 Å². The molecule has 0 bridgehead atoms. The number of aromatic nitrogens is 2. The van der Waals surface area contributed by atoms with Gasteiger partial charge in [0.1, 0.15) is 0 Å². The zero-order valence-electron chi connectivity index (χ0n) is 7.31. The number of amides is 1. The second kappa shape index (κ2) is 3.51. The lowest BCUT2D eigenvalue weighted by Crippen LogP contribution is -2.36. The van der Waals surface area contributed by atoms with Crippen LogP contribution in [0, 0.1) is 0 Å². The summed E-state index contributed by atoms with van der Waals surface area (Å²) in [6.07, 6.45) is 5.97. The van der Waals surface area contributed by atoms with Crippen molar-refractivity contribution in [2.75, 3.05) is 11.4 Å². The standard InChI is InChI=1S/C9H11N3O/c13-8-4-1-2-7-12(8)9-10-5-3-6-11-9/h3,5-6H,1-2,4,7H2. The van der Waals surface area contributed by atoms with Crippen LogP contribution in [0.2, 0.25) is 0 Å². The van der Waals surface area contributed by atoms with Crippen LogP contribution in [0.4, 0.5) is 5.95 Å². The smallest absolute Gasteiger partial charge is 0.232 e. The van der Waals surface area contributed by atoms with Crippen molar-refractivity contribution in [3.63, 3.8) is 0 Å². The number of hydrogen-bond donors (Lipinski definition) is 0. The van der Waals surface area contributed by atoms with Crippen molar-refractivity contribution < 1.29 is 4.79 Å². The Balaban J connectivity index is 2.20. The Morgan fingerprint density at radius 1 is 1.23 bits per heavy atom. The number of piperidine rings is 1. The lowest BCUT2D eigenvalue weighted by molar-refractivity contribution is -0.119. The Morgan fingerprint density at radius 2 is 2.00 bits per heavy atom. The molecule has 2 rings (SSSR count). The zero-order chi connectivity index (χ0) is 9.10. The molecule has 1 fully saturated rings. The first-order valence-corrected chi connectivity index (χ1v) is 4.45. The van der Waals surface area contributed by atoms with Crippen molar-refractivity contribution in [2.45, 2.75) is 19.3 Å². The van der Waals surface area contributed by atoms with Gasteiger partial charge in [0, 0.05) is 25.4 Å². The molecule has 0 radical (unpaired) electrons. The van der Waals surface area contributed by atoms with Crippen molar-refractivity contribution in [3.8, 4) is 0 Å². The molecule has 0 aliphatic carbocycles. The summed E-state index contributed by atoms with van der Waals surface area (Å²) in [5.74, 6) is 0.671. The summed E-state index contributed by atoms with van der Waals surface area (Å²) in [5.41, 5.74) is 0. The molecule has 0 spiro atoms. The normalized spacial score (nSPS) is 17.5. The van der Waals surface area contributed by atoms with Gasteiger partial charge in [-0.2, -0.15) is 0 Å². The summed E-state index contributed by atoms with van der Waals surface area (Å²) in [7, 11) is 0. The third kappa shape index (κ3) is 1.66. The van der Waals surface area contributed by atoms with E-state index in [1.54, 1.807) is 23.4 Å². The molecule has 1 aliphatic heterocycles. The summed E-state index contributed by atoms with van der Waals surface area (Å²) < 4.78 is 0. The first-order valence-electron chi connectivity index (χ1n) is 4.45. The quantitative estimate of drug-likeness (QED) is 0.642. The van der Waals surface area contributed by atoms with E-state index < -0.39 is 0 Å². The summed E-state index contributed by atoms with van der Waals surface area (Å²) in [5, 5.41) is 0. The van der Waals surface area contributed by atoms with Crippen LogP contribution in [0.1, 0.15) is 19.3 Å². The Labute approximate surface area is 76.6 Å². The average Bonchev–Trinajstić information content (AvgIpc) is 2.20. The van der Waals surface area contributed by atoms with Gasteiger partial charge in [-0.3, -0.25) is 9.69 Å². The molecule has 0 atom stereocenters. The molecule has 1 aromatic rings. The fraction of sp³-hybridized carbons (Fsp3) is 0.444. The van der Waals surface area contributed by atoms with Crippen LogP contribution < -0.4 is 4.90 Å². The molecule has 4 heteroatoms. The van der Waals surface area contributed by atoms with Crippen molar-refractivity contribution in [2.24, 2.45) is 0 Å². The number of rotatable bonds is 1. The van der Waals surface area contributed by atoms with Crippen molar-refractivity contribution in [1.82, 2.24) is 9.97 Å². The summed E-state index contributed by atoms with van der Waals surface area (Å²) in [6, 6.07) is 1.75. The third-order valence-electron chi connectivity index (χ3n) is 2.12. The van der Waals surface area contributed by atoms with Crippen LogP contribution >= 0.6 is 0 Å². The van der Waals surface area contributed by atoms with Gasteiger partial charge in [-0.05, 0) is 18.9 Å². The maximum atomic E-state index is 11.4. The van der Waals surface area contributed by atoms with Gasteiger partial charge in [-0.15, -0.1) is 0 Å². The molecule has 1 aromatic heterocycles. The number of hydrogen-bond acceptors (Lipinski definition) is 3. The van der Waals surface area contributed by atoms with E-state index in [9.17, 15) is 4.79 Å². The molecular formula is C9H11N3O. The summed E-state index contributed by atoms with van der Waals surface area (Å²) in [4.78, 5) is 21.2. The van der Waals surface area contributed by atoms with E-state index in [1.807, 2.05) is 0 Å². The molecule has 1 amide bonds. The van der Waals surface area contributed by atoms with E-state index >= 15 is 0 Å². The molecule has 68 valence electrons. The van der Waals surface area contributed by atoms with E-state index in [0.717, 1.165) is 19.4 Å². The fourth-order valence-corrected chi connectivity index (χ4v) is 1.45. The molecular weight excluding hydrogens is 166 g/mol. The van der Waals surface area contributed by atoms with E-state index in [0.29, 0.717) is 12.4 Å². The van der Waals surface area contributed by atoms with Crippen LogP contribution in [-0.4, -0.2) is 22.4 Å². The Morgan fingerprint density at radius 3 is 2.69 bits per heavy atom. The highest BCUT2D eigenvalue weighted by Gasteiger charge is 2.20. The molecule has 0 unspecified atom stereocenters. The van der Waals surface area contributed by atoms with Gasteiger partial charge in [0.05, 0.1) is 0 Å². The van der Waals surface area contributed by atoms with Gasteiger partial charge in [-0.1, -0.05) is 0 Å². The van der Waals surface area contributed by atoms with Gasteiger partial charge >= 0.3 is 0 Å². The first kappa shape index (κ1) is 8.16. The topological polar surface area (TPSA) is 46.1 Å². The molecule has 13 heavy (non-hydrogen) atoms. The molecule has 1 saturated heterocycles. The molecule has 1 aliphatic rings. The summed E-state index contributed by atoms with van der Waals surface area (Å²) >= 11 is 0. The molecule has 2 heterocycles. The minimum Gasteiger partial charge on any atom is -0.281 e. The maximum absolute atomic E-state index is 11.4. The zero-order valence-corrected chi connectivity index (χ0v) is 7.31. The first-order chi connectivity index (χ1) is 6.38. The second-order valence-electron chi connectivity index (χ2n) is 3.05. The molecule has 0 N–H and O–H groups in total. The third-order valence-corrected chi connectivity index (χ3v) is 2.12. The van der Waals surface area contributed by atoms with Crippen molar-refractivity contribution in [3.05, 3.63) is 18.5 Å². The predicted molar refractivity (Wildman–Crippen MR) is 48.2 cm³/mol. The van der Waals surface area contributed by atoms with E-state index in [1.165, 1.54) is 0 Å². The van der Waals surface area contributed by atoms with Crippen LogP contribution in [0.3, 0.4) is 0 Å². The summed E-state index contributed by atoms with van der Waals surface area (Å²) in [6.45, 7) is 0.753. The van der Waals surface area contributed by atoms with E-state index in [2.05, 4.69) is 9.97 Å². The predicted octanol–water partition coefficient (Wildman–Crippen LogP) is 0.993. The minimum atomic E-state index is 0.137. The lowest BCUT2D eigenvalue weighted by atomic mass is 10.1. The maximum Gasteiger partial charge on any atom is 0.232 e. The van der Waals surface area contributed by atoms with Gasteiger partial charge in [0.2, 0.25) is 11.9 Å². The number of anilines is 1. The lowest BCUT2D eigenvalue weighted by Gasteiger charge is -2.24. The van der Waals surface area contributed by atoms with Gasteiger partial charge in [0.15, 0.2) is 0 Å². The number of nitrogens with zero attached hydrogens (tertiary/aromatic N) is 3. The highest BCUT2D eigenvalue weighted by atomic mass is 16.2. The SMILES string of the molecule is O=C1CCCCN1c1ncccn1. The van der Waals surface area contributed by atoms with Gasteiger partial charge < -0.3 is 0 Å². The largest absolute Gasteiger partial charge is 0.281 e. The molecule has 0 saturated carbocycles. The highest BCUT2D eigenvalue weighted by Crippen LogP contribution is 2.15. The minimum absolute atomic E-state index is 0.137.